The van der Waals surface area contributed by atoms with Gasteiger partial charge in [0.15, 0.2) is 0 Å². The van der Waals surface area contributed by atoms with Gasteiger partial charge in [-0.05, 0) is 48.4 Å². The van der Waals surface area contributed by atoms with Crippen LogP contribution in [0.2, 0.25) is 0 Å². The minimum atomic E-state index is -0.809. The fourth-order valence-electron chi connectivity index (χ4n) is 2.17. The number of benzene rings is 2. The van der Waals surface area contributed by atoms with Gasteiger partial charge in [-0.1, -0.05) is 29.8 Å². The summed E-state index contributed by atoms with van der Waals surface area (Å²) in [4.78, 5) is 23.5. The molecular weight excluding hydrogens is 424 g/mol. The number of hydrazone groups is 1. The molecule has 2 aromatic carbocycles. The molecule has 2 amide bonds. The van der Waals surface area contributed by atoms with Gasteiger partial charge >= 0.3 is 11.8 Å². The van der Waals surface area contributed by atoms with Crippen molar-refractivity contribution < 1.29 is 14.3 Å². The van der Waals surface area contributed by atoms with Gasteiger partial charge in [0, 0.05) is 28.0 Å². The van der Waals surface area contributed by atoms with Crippen LogP contribution in [0, 0.1) is 5.92 Å². The fraction of sp³-hybridized carbons (Fsp3) is 0.250. The minimum absolute atomic E-state index is 0.258. The van der Waals surface area contributed by atoms with Crippen molar-refractivity contribution in [2.75, 3.05) is 19.0 Å². The maximum Gasteiger partial charge on any atom is 0.329 e. The van der Waals surface area contributed by atoms with E-state index < -0.39 is 11.8 Å². The highest BCUT2D eigenvalue weighted by atomic mass is 79.9. The molecule has 148 valence electrons. The zero-order valence-corrected chi connectivity index (χ0v) is 17.5. The van der Waals surface area contributed by atoms with Crippen LogP contribution in [0.1, 0.15) is 19.4 Å². The molecule has 2 aromatic rings. The van der Waals surface area contributed by atoms with Crippen molar-refractivity contribution in [3.63, 3.8) is 0 Å². The molecule has 2 rings (SSSR count). The number of anilines is 2. The highest BCUT2D eigenvalue weighted by molar-refractivity contribution is 9.10. The molecule has 0 atom stereocenters. The van der Waals surface area contributed by atoms with E-state index in [0.29, 0.717) is 6.54 Å². The van der Waals surface area contributed by atoms with E-state index in [1.54, 1.807) is 7.11 Å². The Morgan fingerprint density at radius 3 is 2.50 bits per heavy atom. The van der Waals surface area contributed by atoms with Crippen LogP contribution in [0.3, 0.4) is 0 Å². The molecule has 0 aromatic heterocycles. The largest absolute Gasteiger partial charge is 0.497 e. The average molecular weight is 447 g/mol. The molecular formula is C20H23BrN4O3. The third-order valence-electron chi connectivity index (χ3n) is 3.63. The Morgan fingerprint density at radius 1 is 1.14 bits per heavy atom. The van der Waals surface area contributed by atoms with Crippen molar-refractivity contribution in [3.05, 3.63) is 52.5 Å². The number of nitrogens with one attached hydrogen (secondary N) is 3. The number of nitrogens with zero attached hydrogens (tertiary/aromatic N) is 1. The highest BCUT2D eigenvalue weighted by Gasteiger charge is 2.12. The van der Waals surface area contributed by atoms with Crippen LogP contribution in [0.4, 0.5) is 11.4 Å². The number of carbonyl (C=O) groups excluding carboxylic acids is 2. The molecule has 7 nitrogen and oxygen atoms in total. The summed E-state index contributed by atoms with van der Waals surface area (Å²) in [5.41, 5.74) is 4.63. The first-order valence-electron chi connectivity index (χ1n) is 8.71. The van der Waals surface area contributed by atoms with Crippen molar-refractivity contribution >= 4 is 45.3 Å². The summed E-state index contributed by atoms with van der Waals surface area (Å²) in [7, 11) is 1.61. The summed E-state index contributed by atoms with van der Waals surface area (Å²) in [6.45, 7) is 4.32. The fourth-order valence-corrected chi connectivity index (χ4v) is 2.55. The van der Waals surface area contributed by atoms with Crippen LogP contribution >= 0.6 is 15.9 Å². The van der Waals surface area contributed by atoms with Crippen LogP contribution in [-0.4, -0.2) is 31.7 Å². The number of halogens is 1. The third kappa shape index (κ3) is 6.70. The predicted molar refractivity (Wildman–Crippen MR) is 114 cm³/mol. The molecule has 28 heavy (non-hydrogen) atoms. The maximum absolute atomic E-state index is 11.8. The lowest BCUT2D eigenvalue weighted by Gasteiger charge is -2.11. The standard InChI is InChI=1S/C20H23BrN4O3/c1-13(2)11-22-19(26)20(27)25-23-12-14-10-15(21)4-9-18(14)24-16-5-7-17(28-3)8-6-16/h4-10,12-13,24H,11H2,1-3H3,(H,22,26)(H,25,27)/b23-12-. The van der Waals surface area contributed by atoms with Crippen molar-refractivity contribution in [1.82, 2.24) is 10.7 Å². The Bertz CT molecular complexity index is 851. The predicted octanol–water partition coefficient (Wildman–Crippen LogP) is 3.42. The van der Waals surface area contributed by atoms with Gasteiger partial charge in [0.1, 0.15) is 5.75 Å². The lowest BCUT2D eigenvalue weighted by Crippen LogP contribution is -2.39. The van der Waals surface area contributed by atoms with Gasteiger partial charge in [-0.15, -0.1) is 0 Å². The number of hydrogen-bond donors (Lipinski definition) is 3. The first-order chi connectivity index (χ1) is 13.4. The second-order valence-corrected chi connectivity index (χ2v) is 7.30. The number of hydrogen-bond acceptors (Lipinski definition) is 5. The van der Waals surface area contributed by atoms with Crippen LogP contribution in [0.25, 0.3) is 0 Å². The monoisotopic (exact) mass is 446 g/mol. The smallest absolute Gasteiger partial charge is 0.329 e. The molecule has 0 unspecified atom stereocenters. The molecule has 0 heterocycles. The molecule has 0 aliphatic rings. The third-order valence-corrected chi connectivity index (χ3v) is 4.12. The van der Waals surface area contributed by atoms with Gasteiger partial charge in [-0.25, -0.2) is 5.43 Å². The maximum atomic E-state index is 11.8. The number of carbonyl (C=O) groups is 2. The summed E-state index contributed by atoms with van der Waals surface area (Å²) < 4.78 is 6.01. The van der Waals surface area contributed by atoms with Crippen LogP contribution in [-0.2, 0) is 9.59 Å². The zero-order chi connectivity index (χ0) is 20.5. The van der Waals surface area contributed by atoms with Gasteiger partial charge in [0.05, 0.1) is 13.3 Å². The Hall–Kier alpha value is -2.87. The van der Waals surface area contributed by atoms with Crippen LogP contribution in [0.15, 0.2) is 52.0 Å². The number of amides is 2. The lowest BCUT2D eigenvalue weighted by molar-refractivity contribution is -0.139. The van der Waals surface area contributed by atoms with E-state index in [2.05, 4.69) is 37.1 Å². The van der Waals surface area contributed by atoms with Crippen molar-refractivity contribution in [2.24, 2.45) is 11.0 Å². The molecule has 3 N–H and O–H groups in total. The Labute approximate surface area is 172 Å². The molecule has 0 aliphatic heterocycles. The van der Waals surface area contributed by atoms with E-state index in [1.165, 1.54) is 6.21 Å². The first kappa shape index (κ1) is 21.4. The molecule has 0 radical (unpaired) electrons. The van der Waals surface area contributed by atoms with E-state index in [9.17, 15) is 9.59 Å². The molecule has 0 saturated carbocycles. The summed E-state index contributed by atoms with van der Waals surface area (Å²) in [6.07, 6.45) is 1.48. The van der Waals surface area contributed by atoms with E-state index in [0.717, 1.165) is 27.2 Å². The van der Waals surface area contributed by atoms with E-state index in [4.69, 9.17) is 4.74 Å². The molecule has 0 aliphatic carbocycles. The number of rotatable bonds is 7. The van der Waals surface area contributed by atoms with Gasteiger partial charge < -0.3 is 15.4 Å². The van der Waals surface area contributed by atoms with Gasteiger partial charge in [-0.3, -0.25) is 9.59 Å². The first-order valence-corrected chi connectivity index (χ1v) is 9.50. The molecule has 8 heteroatoms. The summed E-state index contributed by atoms with van der Waals surface area (Å²) >= 11 is 3.42. The lowest BCUT2D eigenvalue weighted by atomic mass is 10.2. The SMILES string of the molecule is COc1ccc(Nc2ccc(Br)cc2/C=N\NC(=O)C(=O)NCC(C)C)cc1. The summed E-state index contributed by atoms with van der Waals surface area (Å²) in [5.74, 6) is -0.497. The van der Waals surface area contributed by atoms with E-state index >= 15 is 0 Å². The van der Waals surface area contributed by atoms with Crippen molar-refractivity contribution in [3.8, 4) is 5.75 Å². The Balaban J connectivity index is 2.05. The van der Waals surface area contributed by atoms with Crippen molar-refractivity contribution in [2.45, 2.75) is 13.8 Å². The van der Waals surface area contributed by atoms with Crippen LogP contribution < -0.4 is 20.8 Å². The average Bonchev–Trinajstić information content (AvgIpc) is 2.68. The zero-order valence-electron chi connectivity index (χ0n) is 16.0. The van der Waals surface area contributed by atoms with Gasteiger partial charge in [0.2, 0.25) is 0 Å². The Morgan fingerprint density at radius 2 is 1.86 bits per heavy atom. The van der Waals surface area contributed by atoms with Gasteiger partial charge in [0.25, 0.3) is 0 Å². The topological polar surface area (TPSA) is 91.8 Å². The summed E-state index contributed by atoms with van der Waals surface area (Å²) in [5, 5.41) is 9.72. The molecule has 0 saturated heterocycles. The summed E-state index contributed by atoms with van der Waals surface area (Å²) in [6, 6.07) is 13.1. The molecule has 0 bridgehead atoms. The van der Waals surface area contributed by atoms with Gasteiger partial charge in [-0.2, -0.15) is 5.10 Å². The number of methoxy groups -OCH3 is 1. The Kier molecular flexibility index (Phi) is 8.01. The van der Waals surface area contributed by atoms with E-state index in [1.807, 2.05) is 56.3 Å². The molecule has 0 spiro atoms. The minimum Gasteiger partial charge on any atom is -0.497 e. The quantitative estimate of drug-likeness (QED) is 0.345. The molecule has 0 fully saturated rings. The second kappa shape index (κ2) is 10.5. The number of ether oxygens (including phenoxy) is 1. The van der Waals surface area contributed by atoms with Crippen LogP contribution in [0.5, 0.6) is 5.75 Å². The highest BCUT2D eigenvalue weighted by Crippen LogP contribution is 2.24. The van der Waals surface area contributed by atoms with E-state index in [-0.39, 0.29) is 5.92 Å². The van der Waals surface area contributed by atoms with Crippen molar-refractivity contribution in [1.29, 1.82) is 0 Å². The normalized spacial score (nSPS) is 10.8. The second-order valence-electron chi connectivity index (χ2n) is 6.39.